The van der Waals surface area contributed by atoms with Gasteiger partial charge in [0.15, 0.2) is 0 Å². The number of hydrogen-bond acceptors (Lipinski definition) is 2. The molecule has 0 saturated heterocycles. The number of hydrogen-bond donors (Lipinski definition) is 1. The zero-order valence-electron chi connectivity index (χ0n) is 11.1. The van der Waals surface area contributed by atoms with Crippen LogP contribution in [0.3, 0.4) is 0 Å². The van der Waals surface area contributed by atoms with Gasteiger partial charge >= 0.3 is 0 Å². The quantitative estimate of drug-likeness (QED) is 0.863. The Morgan fingerprint density at radius 1 is 1.29 bits per heavy atom. The van der Waals surface area contributed by atoms with Crippen molar-refractivity contribution in [3.05, 3.63) is 34.9 Å². The first kappa shape index (κ1) is 12.6. The summed E-state index contributed by atoms with van der Waals surface area (Å²) < 4.78 is 5.50. The summed E-state index contributed by atoms with van der Waals surface area (Å²) in [6.45, 7) is 5.29. The zero-order valence-corrected chi connectivity index (χ0v) is 11.1. The van der Waals surface area contributed by atoms with Gasteiger partial charge in [-0.1, -0.05) is 23.8 Å². The van der Waals surface area contributed by atoms with E-state index in [1.54, 1.807) is 0 Å². The van der Waals surface area contributed by atoms with Gasteiger partial charge in [-0.3, -0.25) is 0 Å². The standard InChI is InChI=1S/C15H23NO/c1-11-7-8-12(2)13(9-11)10-16-14-5-4-6-15(14)17-3/h7-9,14-16H,4-6,10H2,1-3H3. The largest absolute Gasteiger partial charge is 0.380 e. The highest BCUT2D eigenvalue weighted by Gasteiger charge is 2.26. The van der Waals surface area contributed by atoms with Crippen molar-refractivity contribution in [1.82, 2.24) is 5.32 Å². The molecule has 94 valence electrons. The Labute approximate surface area is 104 Å². The summed E-state index contributed by atoms with van der Waals surface area (Å²) in [5.41, 5.74) is 4.11. The first-order valence-electron chi connectivity index (χ1n) is 6.53. The van der Waals surface area contributed by atoms with E-state index in [1.807, 2.05) is 7.11 Å². The van der Waals surface area contributed by atoms with Crippen LogP contribution in [0.25, 0.3) is 0 Å². The fraction of sp³-hybridized carbons (Fsp3) is 0.600. The monoisotopic (exact) mass is 233 g/mol. The van der Waals surface area contributed by atoms with Gasteiger partial charge in [-0.25, -0.2) is 0 Å². The smallest absolute Gasteiger partial charge is 0.0724 e. The second-order valence-corrected chi connectivity index (χ2v) is 5.12. The molecule has 1 fully saturated rings. The number of nitrogens with one attached hydrogen (secondary N) is 1. The Kier molecular flexibility index (Phi) is 4.19. The Morgan fingerprint density at radius 3 is 2.88 bits per heavy atom. The molecule has 1 saturated carbocycles. The van der Waals surface area contributed by atoms with Crippen molar-refractivity contribution in [3.63, 3.8) is 0 Å². The van der Waals surface area contributed by atoms with Crippen LogP contribution in [0.2, 0.25) is 0 Å². The van der Waals surface area contributed by atoms with E-state index in [0.717, 1.165) is 6.54 Å². The van der Waals surface area contributed by atoms with Crippen LogP contribution in [-0.2, 0) is 11.3 Å². The lowest BCUT2D eigenvalue weighted by molar-refractivity contribution is 0.0847. The van der Waals surface area contributed by atoms with Crippen LogP contribution >= 0.6 is 0 Å². The Balaban J connectivity index is 1.95. The number of ether oxygens (including phenoxy) is 1. The molecule has 0 aliphatic heterocycles. The van der Waals surface area contributed by atoms with Crippen molar-refractivity contribution in [2.24, 2.45) is 0 Å². The van der Waals surface area contributed by atoms with Crippen LogP contribution < -0.4 is 5.32 Å². The van der Waals surface area contributed by atoms with Crippen LogP contribution in [0, 0.1) is 13.8 Å². The highest BCUT2D eigenvalue weighted by Crippen LogP contribution is 2.22. The molecule has 1 aromatic carbocycles. The van der Waals surface area contributed by atoms with Crippen molar-refractivity contribution in [1.29, 1.82) is 0 Å². The highest BCUT2D eigenvalue weighted by atomic mass is 16.5. The normalized spacial score (nSPS) is 24.2. The number of aryl methyl sites for hydroxylation is 2. The fourth-order valence-electron chi connectivity index (χ4n) is 2.67. The molecule has 17 heavy (non-hydrogen) atoms. The van der Waals surface area contributed by atoms with E-state index in [1.165, 1.54) is 36.0 Å². The van der Waals surface area contributed by atoms with Crippen LogP contribution in [0.15, 0.2) is 18.2 Å². The Bertz CT molecular complexity index is 375. The van der Waals surface area contributed by atoms with Gasteiger partial charge in [-0.15, -0.1) is 0 Å². The molecule has 2 heteroatoms. The van der Waals surface area contributed by atoms with Gasteiger partial charge in [0, 0.05) is 19.7 Å². The van der Waals surface area contributed by atoms with E-state index in [0.29, 0.717) is 12.1 Å². The van der Waals surface area contributed by atoms with Crippen LogP contribution in [-0.4, -0.2) is 19.3 Å². The molecule has 0 bridgehead atoms. The first-order valence-corrected chi connectivity index (χ1v) is 6.53. The Hall–Kier alpha value is -0.860. The molecule has 0 radical (unpaired) electrons. The summed E-state index contributed by atoms with van der Waals surface area (Å²) in [7, 11) is 1.82. The summed E-state index contributed by atoms with van der Waals surface area (Å²) in [6, 6.07) is 7.18. The fourth-order valence-corrected chi connectivity index (χ4v) is 2.67. The minimum atomic E-state index is 0.403. The molecule has 2 atom stereocenters. The molecule has 0 amide bonds. The lowest BCUT2D eigenvalue weighted by atomic mass is 10.1. The van der Waals surface area contributed by atoms with Gasteiger partial charge in [-0.2, -0.15) is 0 Å². The molecule has 1 N–H and O–H groups in total. The predicted molar refractivity (Wildman–Crippen MR) is 71.2 cm³/mol. The van der Waals surface area contributed by atoms with Gasteiger partial charge in [0.2, 0.25) is 0 Å². The zero-order chi connectivity index (χ0) is 12.3. The molecule has 2 rings (SSSR count). The van der Waals surface area contributed by atoms with Gasteiger partial charge in [0.05, 0.1) is 6.10 Å². The molecule has 2 unspecified atom stereocenters. The number of benzene rings is 1. The third-order valence-electron chi connectivity index (χ3n) is 3.81. The molecule has 1 aromatic rings. The van der Waals surface area contributed by atoms with Crippen molar-refractivity contribution >= 4 is 0 Å². The van der Waals surface area contributed by atoms with Gasteiger partial charge in [0.1, 0.15) is 0 Å². The summed E-state index contributed by atoms with van der Waals surface area (Å²) in [4.78, 5) is 0. The molecule has 1 aliphatic rings. The van der Waals surface area contributed by atoms with Crippen LogP contribution in [0.4, 0.5) is 0 Å². The summed E-state index contributed by atoms with van der Waals surface area (Å²) >= 11 is 0. The maximum atomic E-state index is 5.50. The third kappa shape index (κ3) is 3.08. The lowest BCUT2D eigenvalue weighted by Crippen LogP contribution is -2.36. The topological polar surface area (TPSA) is 21.3 Å². The van der Waals surface area contributed by atoms with E-state index < -0.39 is 0 Å². The van der Waals surface area contributed by atoms with Gasteiger partial charge in [0.25, 0.3) is 0 Å². The molecule has 0 aromatic heterocycles. The minimum Gasteiger partial charge on any atom is -0.380 e. The Morgan fingerprint density at radius 2 is 2.12 bits per heavy atom. The summed E-state index contributed by atoms with van der Waals surface area (Å²) in [6.07, 6.45) is 4.12. The molecule has 0 heterocycles. The van der Waals surface area contributed by atoms with Crippen LogP contribution in [0.1, 0.15) is 36.0 Å². The predicted octanol–water partition coefficient (Wildman–Crippen LogP) is 2.96. The van der Waals surface area contributed by atoms with Crippen molar-refractivity contribution in [3.8, 4) is 0 Å². The van der Waals surface area contributed by atoms with E-state index in [9.17, 15) is 0 Å². The van der Waals surface area contributed by atoms with Crippen molar-refractivity contribution in [2.75, 3.05) is 7.11 Å². The molecule has 1 aliphatic carbocycles. The second kappa shape index (κ2) is 5.65. The molecule has 0 spiro atoms. The third-order valence-corrected chi connectivity index (χ3v) is 3.81. The molecular weight excluding hydrogens is 210 g/mol. The van der Waals surface area contributed by atoms with Crippen molar-refractivity contribution in [2.45, 2.75) is 51.8 Å². The summed E-state index contributed by atoms with van der Waals surface area (Å²) in [5.74, 6) is 0. The highest BCUT2D eigenvalue weighted by molar-refractivity contribution is 5.30. The SMILES string of the molecule is COC1CCCC1NCc1cc(C)ccc1C. The minimum absolute atomic E-state index is 0.403. The maximum Gasteiger partial charge on any atom is 0.0724 e. The molecular formula is C15H23NO. The maximum absolute atomic E-state index is 5.50. The van der Waals surface area contributed by atoms with Gasteiger partial charge in [-0.05, 0) is 44.2 Å². The average Bonchev–Trinajstić information content (AvgIpc) is 2.77. The van der Waals surface area contributed by atoms with Crippen LogP contribution in [0.5, 0.6) is 0 Å². The lowest BCUT2D eigenvalue weighted by Gasteiger charge is -2.20. The van der Waals surface area contributed by atoms with E-state index in [4.69, 9.17) is 4.74 Å². The number of methoxy groups -OCH3 is 1. The van der Waals surface area contributed by atoms with Crippen molar-refractivity contribution < 1.29 is 4.74 Å². The summed E-state index contributed by atoms with van der Waals surface area (Å²) in [5, 5.41) is 3.64. The van der Waals surface area contributed by atoms with E-state index in [-0.39, 0.29) is 0 Å². The second-order valence-electron chi connectivity index (χ2n) is 5.12. The first-order chi connectivity index (χ1) is 8.20. The van der Waals surface area contributed by atoms with E-state index >= 15 is 0 Å². The average molecular weight is 233 g/mol. The number of rotatable bonds is 4. The van der Waals surface area contributed by atoms with E-state index in [2.05, 4.69) is 37.4 Å². The molecule has 2 nitrogen and oxygen atoms in total. The van der Waals surface area contributed by atoms with Gasteiger partial charge < -0.3 is 10.1 Å².